The van der Waals surface area contributed by atoms with Crippen molar-refractivity contribution in [3.05, 3.63) is 95.1 Å². The molecule has 0 amide bonds. The summed E-state index contributed by atoms with van der Waals surface area (Å²) < 4.78 is 0. The molecule has 0 radical (unpaired) electrons. The predicted octanol–water partition coefficient (Wildman–Crippen LogP) is 5.42. The van der Waals surface area contributed by atoms with E-state index in [2.05, 4.69) is 93.6 Å². The number of benzene rings is 3. The standard InChI is InChI=1S/C32H42N8/c1-7-35-29(33-5)23-15-19-27(20-16-23)39-31(37-9-3)25-11-13-26(14-12-25)32(38-10-4)40-28-21-17-24(18-22-28)30(34-6)36-8-2/h11-22H,7-10H2,1-6H3,(H,33,35)(H,34,36)(H,37,39)(H,38,40). The molecule has 0 aromatic heterocycles. The van der Waals surface area contributed by atoms with Gasteiger partial charge in [0, 0.05) is 73.9 Å². The molecule has 0 aliphatic rings. The summed E-state index contributed by atoms with van der Waals surface area (Å²) in [7, 11) is 3.59. The van der Waals surface area contributed by atoms with Crippen LogP contribution in [-0.4, -0.2) is 63.6 Å². The topological polar surface area (TPSA) is 97.6 Å². The number of aliphatic imine (C=N–C) groups is 4. The van der Waals surface area contributed by atoms with E-state index in [1.807, 2.05) is 38.1 Å². The fourth-order valence-corrected chi connectivity index (χ4v) is 4.16. The smallest absolute Gasteiger partial charge is 0.132 e. The number of hydrogen-bond acceptors (Lipinski definition) is 4. The second kappa shape index (κ2) is 15.8. The highest BCUT2D eigenvalue weighted by molar-refractivity contribution is 6.11. The van der Waals surface area contributed by atoms with Gasteiger partial charge in [0.1, 0.15) is 23.3 Å². The second-order valence-corrected chi connectivity index (χ2v) is 8.83. The molecule has 3 rings (SSSR count). The van der Waals surface area contributed by atoms with Crippen LogP contribution in [0.1, 0.15) is 49.9 Å². The van der Waals surface area contributed by atoms with Crippen molar-refractivity contribution in [3.63, 3.8) is 0 Å². The van der Waals surface area contributed by atoms with E-state index in [4.69, 9.17) is 9.98 Å². The number of rotatable bonds is 10. The lowest BCUT2D eigenvalue weighted by molar-refractivity contribution is 0.962. The predicted molar refractivity (Wildman–Crippen MR) is 173 cm³/mol. The molecule has 0 heterocycles. The lowest BCUT2D eigenvalue weighted by atomic mass is 10.1. The molecule has 0 saturated carbocycles. The molecule has 3 aromatic carbocycles. The zero-order chi connectivity index (χ0) is 28.7. The number of hydrogen-bond donors (Lipinski definition) is 4. The van der Waals surface area contributed by atoms with E-state index in [0.29, 0.717) is 13.1 Å². The SMILES string of the molecule is CCN=C(Nc1ccc(C(=NC)NCC)cc1)c1ccc(C(=NCC)Nc2ccc(C(=NC)NCC)cc2)cc1. The van der Waals surface area contributed by atoms with Gasteiger partial charge in [0.2, 0.25) is 0 Å². The van der Waals surface area contributed by atoms with Gasteiger partial charge in [-0.1, -0.05) is 24.3 Å². The molecule has 0 spiro atoms. The van der Waals surface area contributed by atoms with Crippen molar-refractivity contribution in [2.75, 3.05) is 50.9 Å². The van der Waals surface area contributed by atoms with Crippen molar-refractivity contribution in [3.8, 4) is 0 Å². The molecule has 3 aromatic rings. The minimum atomic E-state index is 0.674. The second-order valence-electron chi connectivity index (χ2n) is 8.83. The Hall–Kier alpha value is -4.46. The van der Waals surface area contributed by atoms with Crippen molar-refractivity contribution in [1.82, 2.24) is 10.6 Å². The third-order valence-corrected chi connectivity index (χ3v) is 6.04. The lowest BCUT2D eigenvalue weighted by Gasteiger charge is -2.14. The van der Waals surface area contributed by atoms with Gasteiger partial charge < -0.3 is 21.3 Å². The summed E-state index contributed by atoms with van der Waals surface area (Å²) in [6.07, 6.45) is 0. The molecule has 0 aliphatic carbocycles. The molecule has 0 aliphatic heterocycles. The van der Waals surface area contributed by atoms with E-state index in [0.717, 1.165) is 70.1 Å². The number of nitrogens with zero attached hydrogens (tertiary/aromatic N) is 4. The Bertz CT molecular complexity index is 1210. The quantitative estimate of drug-likeness (QED) is 0.205. The Morgan fingerprint density at radius 3 is 1.05 bits per heavy atom. The molecular weight excluding hydrogens is 496 g/mol. The molecule has 0 bridgehead atoms. The minimum absolute atomic E-state index is 0.674. The van der Waals surface area contributed by atoms with E-state index in [9.17, 15) is 0 Å². The molecule has 0 unspecified atom stereocenters. The first-order valence-corrected chi connectivity index (χ1v) is 13.9. The highest BCUT2D eigenvalue weighted by Crippen LogP contribution is 2.16. The van der Waals surface area contributed by atoms with Crippen molar-refractivity contribution < 1.29 is 0 Å². The monoisotopic (exact) mass is 538 g/mol. The zero-order valence-corrected chi connectivity index (χ0v) is 24.5. The van der Waals surface area contributed by atoms with E-state index >= 15 is 0 Å². The fourth-order valence-electron chi connectivity index (χ4n) is 4.16. The zero-order valence-electron chi connectivity index (χ0n) is 24.5. The Labute approximate surface area is 238 Å². The number of nitrogens with one attached hydrogen (secondary N) is 4. The van der Waals surface area contributed by atoms with Crippen molar-refractivity contribution >= 4 is 34.7 Å². The summed E-state index contributed by atoms with van der Waals surface area (Å²) in [5.41, 5.74) is 6.05. The van der Waals surface area contributed by atoms with Gasteiger partial charge in [0.05, 0.1) is 0 Å². The normalized spacial score (nSPS) is 12.8. The Morgan fingerprint density at radius 1 is 0.475 bits per heavy atom. The Morgan fingerprint density at radius 2 is 0.775 bits per heavy atom. The molecular formula is C32H42N8. The van der Waals surface area contributed by atoms with Crippen LogP contribution in [0.2, 0.25) is 0 Å². The molecule has 210 valence electrons. The van der Waals surface area contributed by atoms with Crippen LogP contribution in [0.3, 0.4) is 0 Å². The van der Waals surface area contributed by atoms with Crippen LogP contribution in [0.5, 0.6) is 0 Å². The largest absolute Gasteiger partial charge is 0.370 e. The number of anilines is 2. The average molecular weight is 539 g/mol. The van der Waals surface area contributed by atoms with Crippen molar-refractivity contribution in [1.29, 1.82) is 0 Å². The Kier molecular flexibility index (Phi) is 11.9. The van der Waals surface area contributed by atoms with E-state index in [1.165, 1.54) is 0 Å². The van der Waals surface area contributed by atoms with E-state index in [-0.39, 0.29) is 0 Å². The van der Waals surface area contributed by atoms with Gasteiger partial charge in [-0.25, -0.2) is 0 Å². The van der Waals surface area contributed by atoms with Crippen LogP contribution >= 0.6 is 0 Å². The number of amidine groups is 4. The summed E-state index contributed by atoms with van der Waals surface area (Å²) in [5, 5.41) is 13.5. The van der Waals surface area contributed by atoms with Crippen LogP contribution in [0.25, 0.3) is 0 Å². The van der Waals surface area contributed by atoms with Crippen molar-refractivity contribution in [2.45, 2.75) is 27.7 Å². The van der Waals surface area contributed by atoms with Crippen LogP contribution in [0, 0.1) is 0 Å². The summed E-state index contributed by atoms with van der Waals surface area (Å²) >= 11 is 0. The maximum Gasteiger partial charge on any atom is 0.132 e. The third kappa shape index (κ3) is 8.27. The van der Waals surface area contributed by atoms with Gasteiger partial charge in [-0.2, -0.15) is 0 Å². The van der Waals surface area contributed by atoms with Crippen LogP contribution in [-0.2, 0) is 0 Å². The molecule has 0 atom stereocenters. The first kappa shape index (κ1) is 30.1. The maximum absolute atomic E-state index is 4.72. The Balaban J connectivity index is 1.76. The summed E-state index contributed by atoms with van der Waals surface area (Å²) in [5.74, 6) is 3.41. The molecule has 8 nitrogen and oxygen atoms in total. The first-order chi connectivity index (χ1) is 19.6. The molecule has 0 fully saturated rings. The summed E-state index contributed by atoms with van der Waals surface area (Å²) in [6, 6.07) is 24.7. The molecule has 40 heavy (non-hydrogen) atoms. The van der Waals surface area contributed by atoms with Gasteiger partial charge in [0.15, 0.2) is 0 Å². The maximum atomic E-state index is 4.72. The van der Waals surface area contributed by atoms with Gasteiger partial charge in [-0.05, 0) is 76.2 Å². The van der Waals surface area contributed by atoms with Crippen LogP contribution < -0.4 is 21.3 Å². The summed E-state index contributed by atoms with van der Waals surface area (Å²) in [4.78, 5) is 18.1. The summed E-state index contributed by atoms with van der Waals surface area (Å²) in [6.45, 7) is 11.2. The third-order valence-electron chi connectivity index (χ3n) is 6.04. The highest BCUT2D eigenvalue weighted by Gasteiger charge is 2.09. The van der Waals surface area contributed by atoms with Crippen LogP contribution in [0.4, 0.5) is 11.4 Å². The van der Waals surface area contributed by atoms with E-state index in [1.54, 1.807) is 14.1 Å². The molecule has 0 saturated heterocycles. The highest BCUT2D eigenvalue weighted by atomic mass is 15.0. The minimum Gasteiger partial charge on any atom is -0.370 e. The van der Waals surface area contributed by atoms with Gasteiger partial charge in [-0.15, -0.1) is 0 Å². The lowest BCUT2D eigenvalue weighted by Crippen LogP contribution is -2.24. The van der Waals surface area contributed by atoms with E-state index < -0.39 is 0 Å². The van der Waals surface area contributed by atoms with Crippen LogP contribution in [0.15, 0.2) is 92.8 Å². The van der Waals surface area contributed by atoms with Gasteiger partial charge in [-0.3, -0.25) is 20.0 Å². The van der Waals surface area contributed by atoms with Gasteiger partial charge >= 0.3 is 0 Å². The van der Waals surface area contributed by atoms with Gasteiger partial charge in [0.25, 0.3) is 0 Å². The molecule has 8 heteroatoms. The molecule has 4 N–H and O–H groups in total. The first-order valence-electron chi connectivity index (χ1n) is 13.9. The fraction of sp³-hybridized carbons (Fsp3) is 0.312. The van der Waals surface area contributed by atoms with Crippen molar-refractivity contribution in [2.24, 2.45) is 20.0 Å². The average Bonchev–Trinajstić information content (AvgIpc) is 2.99.